The quantitative estimate of drug-likeness (QED) is 0.384. The average Bonchev–Trinajstić information content (AvgIpc) is 3.51. The number of rotatable bonds is 4. The van der Waals surface area contributed by atoms with Crippen LogP contribution in [0.15, 0.2) is 47.7 Å². The van der Waals surface area contributed by atoms with Gasteiger partial charge in [-0.05, 0) is 101 Å². The highest BCUT2D eigenvalue weighted by molar-refractivity contribution is 7.08. The highest BCUT2D eigenvalue weighted by atomic mass is 32.1. The fraction of sp³-hybridized carbons (Fsp3) is 0.452. The van der Waals surface area contributed by atoms with Gasteiger partial charge in [-0.2, -0.15) is 11.3 Å². The molecule has 0 radical (unpaired) electrons. The van der Waals surface area contributed by atoms with Crippen LogP contribution < -0.4 is 0 Å². The van der Waals surface area contributed by atoms with Crippen LogP contribution in [0, 0.1) is 12.3 Å². The predicted octanol–water partition coefficient (Wildman–Crippen LogP) is 9.06. The maximum Gasteiger partial charge on any atom is 0.0522 e. The Balaban J connectivity index is 1.61. The minimum absolute atomic E-state index is 0.522. The Morgan fingerprint density at radius 1 is 1.06 bits per heavy atom. The summed E-state index contributed by atoms with van der Waals surface area (Å²) >= 11 is 1.81. The number of aromatic nitrogens is 1. The van der Waals surface area contributed by atoms with Crippen LogP contribution in [0.3, 0.4) is 0 Å². The van der Waals surface area contributed by atoms with Gasteiger partial charge in [0.05, 0.1) is 5.69 Å². The second-order valence-corrected chi connectivity index (χ2v) is 11.9. The molecule has 2 heterocycles. The maximum atomic E-state index is 5.60. The first kappa shape index (κ1) is 21.4. The van der Waals surface area contributed by atoms with Gasteiger partial charge >= 0.3 is 0 Å². The molecule has 170 valence electrons. The first-order valence-corrected chi connectivity index (χ1v) is 13.8. The second kappa shape index (κ2) is 8.24. The molecule has 0 aliphatic heterocycles. The van der Waals surface area contributed by atoms with Crippen molar-refractivity contribution in [1.29, 1.82) is 0 Å². The number of thiophene rings is 1. The van der Waals surface area contributed by atoms with E-state index in [2.05, 4.69) is 54.9 Å². The molecule has 0 N–H and O–H groups in total. The summed E-state index contributed by atoms with van der Waals surface area (Å²) in [5.41, 5.74) is 12.7. The first-order valence-electron chi connectivity index (χ1n) is 12.9. The van der Waals surface area contributed by atoms with Gasteiger partial charge in [-0.25, -0.2) is 0 Å². The summed E-state index contributed by atoms with van der Waals surface area (Å²) in [6.07, 6.45) is 11.9. The van der Waals surface area contributed by atoms with E-state index in [1.807, 2.05) is 11.3 Å². The molecular weight excluding hydrogens is 418 g/mol. The third-order valence-electron chi connectivity index (χ3n) is 8.78. The van der Waals surface area contributed by atoms with Gasteiger partial charge in [-0.15, -0.1) is 0 Å². The molecule has 1 unspecified atom stereocenters. The Labute approximate surface area is 203 Å². The summed E-state index contributed by atoms with van der Waals surface area (Å²) in [4.78, 5) is 5.60. The van der Waals surface area contributed by atoms with Crippen molar-refractivity contribution in [2.24, 2.45) is 5.41 Å². The standard InChI is InChI=1S/C31H35NS/c1-20-9-11-23(12-10-20)22(3)28-29(25-13-16-33-19-25)27-21(2)17-31(14-6-15-31)18-26(27)32-30(28)24-7-4-5-8-24/h9-13,16,19,21,24H,3-8,14-15,17-18H2,1-2H3. The smallest absolute Gasteiger partial charge is 0.0522 e. The number of hydrogen-bond donors (Lipinski definition) is 0. The van der Waals surface area contributed by atoms with Gasteiger partial charge in [-0.1, -0.05) is 62.6 Å². The van der Waals surface area contributed by atoms with Crippen molar-refractivity contribution in [2.75, 3.05) is 0 Å². The third kappa shape index (κ3) is 3.62. The van der Waals surface area contributed by atoms with E-state index in [1.54, 1.807) is 0 Å². The molecule has 1 aromatic carbocycles. The van der Waals surface area contributed by atoms with Crippen LogP contribution >= 0.6 is 11.3 Å². The summed E-state index contributed by atoms with van der Waals surface area (Å²) in [5, 5.41) is 4.58. The highest BCUT2D eigenvalue weighted by Gasteiger charge is 2.44. The van der Waals surface area contributed by atoms with Crippen LogP contribution in [0.2, 0.25) is 0 Å². The molecule has 6 rings (SSSR count). The molecule has 0 saturated heterocycles. The molecule has 2 aromatic heterocycles. The van der Waals surface area contributed by atoms with Crippen LogP contribution in [0.5, 0.6) is 0 Å². The molecule has 0 bridgehead atoms. The van der Waals surface area contributed by atoms with Crippen LogP contribution in [-0.4, -0.2) is 4.98 Å². The van der Waals surface area contributed by atoms with Crippen molar-refractivity contribution >= 4 is 16.9 Å². The molecule has 0 amide bonds. The van der Waals surface area contributed by atoms with Gasteiger partial charge in [0.2, 0.25) is 0 Å². The van der Waals surface area contributed by atoms with Crippen molar-refractivity contribution in [3.8, 4) is 11.1 Å². The Bertz CT molecular complexity index is 1170. The zero-order valence-corrected chi connectivity index (χ0v) is 20.9. The van der Waals surface area contributed by atoms with E-state index in [9.17, 15) is 0 Å². The SMILES string of the molecule is C=C(c1ccc(C)cc1)c1c(C2CCCC2)nc2c(c1-c1ccsc1)C(C)CC1(CCC1)C2. The van der Waals surface area contributed by atoms with Crippen LogP contribution in [0.1, 0.15) is 104 Å². The van der Waals surface area contributed by atoms with Crippen molar-refractivity contribution in [3.05, 3.63) is 81.3 Å². The molecule has 3 aliphatic carbocycles. The van der Waals surface area contributed by atoms with Crippen LogP contribution in [0.4, 0.5) is 0 Å². The number of nitrogens with zero attached hydrogens (tertiary/aromatic N) is 1. The molecule has 33 heavy (non-hydrogen) atoms. The van der Waals surface area contributed by atoms with E-state index >= 15 is 0 Å². The van der Waals surface area contributed by atoms with Crippen LogP contribution in [-0.2, 0) is 6.42 Å². The fourth-order valence-corrected chi connectivity index (χ4v) is 7.62. The monoisotopic (exact) mass is 453 g/mol. The number of hydrogen-bond acceptors (Lipinski definition) is 2. The zero-order chi connectivity index (χ0) is 22.6. The van der Waals surface area contributed by atoms with E-state index in [-0.39, 0.29) is 0 Å². The van der Waals surface area contributed by atoms with Gasteiger partial charge in [0.1, 0.15) is 0 Å². The summed E-state index contributed by atoms with van der Waals surface area (Å²) in [6.45, 7) is 9.34. The number of pyridine rings is 1. The molecule has 3 aliphatic rings. The zero-order valence-electron chi connectivity index (χ0n) is 20.1. The minimum Gasteiger partial charge on any atom is -0.257 e. The van der Waals surface area contributed by atoms with E-state index in [4.69, 9.17) is 11.6 Å². The molecule has 1 atom stereocenters. The molecular formula is C31H35NS. The molecule has 2 saturated carbocycles. The van der Waals surface area contributed by atoms with E-state index in [0.29, 0.717) is 17.3 Å². The summed E-state index contributed by atoms with van der Waals surface area (Å²) in [7, 11) is 0. The third-order valence-corrected chi connectivity index (χ3v) is 9.47. The Hall–Kier alpha value is -2.19. The summed E-state index contributed by atoms with van der Waals surface area (Å²) < 4.78 is 0. The largest absolute Gasteiger partial charge is 0.257 e. The second-order valence-electron chi connectivity index (χ2n) is 11.1. The minimum atomic E-state index is 0.522. The van der Waals surface area contributed by atoms with Gasteiger partial charge in [0.15, 0.2) is 0 Å². The van der Waals surface area contributed by atoms with Crippen molar-refractivity contribution in [3.63, 3.8) is 0 Å². The molecule has 2 heteroatoms. The number of fused-ring (bicyclic) bond motifs is 1. The predicted molar refractivity (Wildman–Crippen MR) is 141 cm³/mol. The van der Waals surface area contributed by atoms with Gasteiger partial charge in [-0.3, -0.25) is 4.98 Å². The average molecular weight is 454 g/mol. The van der Waals surface area contributed by atoms with Gasteiger partial charge < -0.3 is 0 Å². The normalized spacial score (nSPS) is 21.7. The van der Waals surface area contributed by atoms with Gasteiger partial charge in [0.25, 0.3) is 0 Å². The Morgan fingerprint density at radius 3 is 2.45 bits per heavy atom. The van der Waals surface area contributed by atoms with Crippen molar-refractivity contribution < 1.29 is 0 Å². The topological polar surface area (TPSA) is 12.9 Å². The number of benzene rings is 1. The lowest BCUT2D eigenvalue weighted by Gasteiger charge is -2.48. The molecule has 3 aromatic rings. The highest BCUT2D eigenvalue weighted by Crippen LogP contribution is 2.56. The fourth-order valence-electron chi connectivity index (χ4n) is 6.98. The lowest BCUT2D eigenvalue weighted by Crippen LogP contribution is -2.37. The van der Waals surface area contributed by atoms with E-state index in [1.165, 1.54) is 103 Å². The Morgan fingerprint density at radius 2 is 1.82 bits per heavy atom. The first-order chi connectivity index (χ1) is 16.0. The number of aryl methyl sites for hydroxylation is 1. The van der Waals surface area contributed by atoms with E-state index in [0.717, 1.165) is 5.57 Å². The summed E-state index contributed by atoms with van der Waals surface area (Å²) in [6, 6.07) is 11.3. The molecule has 2 fully saturated rings. The van der Waals surface area contributed by atoms with Crippen molar-refractivity contribution in [1.82, 2.24) is 4.98 Å². The maximum absolute atomic E-state index is 5.60. The van der Waals surface area contributed by atoms with Gasteiger partial charge in [0, 0.05) is 17.2 Å². The van der Waals surface area contributed by atoms with Crippen LogP contribution in [0.25, 0.3) is 16.7 Å². The van der Waals surface area contributed by atoms with E-state index < -0.39 is 0 Å². The molecule has 1 nitrogen and oxygen atoms in total. The van der Waals surface area contributed by atoms with Crippen molar-refractivity contribution in [2.45, 2.75) is 83.5 Å². The Kier molecular flexibility index (Phi) is 5.33. The molecule has 1 spiro atoms. The summed E-state index contributed by atoms with van der Waals surface area (Å²) in [5.74, 6) is 1.12. The lowest BCUT2D eigenvalue weighted by molar-refractivity contribution is 0.0982. The lowest BCUT2D eigenvalue weighted by atomic mass is 9.57.